The molecule has 88 valence electrons. The molecule has 16 heavy (non-hydrogen) atoms. The smallest absolute Gasteiger partial charge is 0.344 e. The molecule has 4 nitrogen and oxygen atoms in total. The lowest BCUT2D eigenvalue weighted by atomic mass is 10.1. The van der Waals surface area contributed by atoms with Crippen molar-refractivity contribution in [2.45, 2.75) is 13.3 Å². The lowest BCUT2D eigenvalue weighted by molar-refractivity contribution is -0.145. The third kappa shape index (κ3) is 3.90. The van der Waals surface area contributed by atoms with E-state index in [0.29, 0.717) is 18.9 Å². The van der Waals surface area contributed by atoms with Gasteiger partial charge in [0.1, 0.15) is 5.75 Å². The number of para-hydroxylation sites is 1. The second-order valence-corrected chi connectivity index (χ2v) is 3.24. The summed E-state index contributed by atoms with van der Waals surface area (Å²) < 4.78 is 10.1. The molecule has 0 bridgehead atoms. The lowest BCUT2D eigenvalue weighted by Gasteiger charge is -2.09. The number of nitrogens with two attached hydrogens (primary N) is 1. The number of carbonyl (C=O) groups is 1. The molecule has 0 amide bonds. The first-order valence-corrected chi connectivity index (χ1v) is 5.34. The quantitative estimate of drug-likeness (QED) is 0.734. The zero-order valence-corrected chi connectivity index (χ0v) is 9.44. The molecule has 0 unspecified atom stereocenters. The summed E-state index contributed by atoms with van der Waals surface area (Å²) in [6, 6.07) is 7.54. The maximum absolute atomic E-state index is 11.1. The van der Waals surface area contributed by atoms with Crippen molar-refractivity contribution in [3.63, 3.8) is 0 Å². The van der Waals surface area contributed by atoms with Crippen LogP contribution < -0.4 is 10.5 Å². The Bertz CT molecular complexity index is 339. The topological polar surface area (TPSA) is 61.5 Å². The monoisotopic (exact) mass is 223 g/mol. The maximum Gasteiger partial charge on any atom is 0.344 e. The summed E-state index contributed by atoms with van der Waals surface area (Å²) in [6.45, 7) is 2.63. The average Bonchev–Trinajstić information content (AvgIpc) is 2.29. The first-order chi connectivity index (χ1) is 7.77. The second-order valence-electron chi connectivity index (χ2n) is 3.24. The molecule has 0 saturated carbocycles. The highest BCUT2D eigenvalue weighted by Crippen LogP contribution is 2.17. The molecule has 1 rings (SSSR count). The zero-order valence-electron chi connectivity index (χ0n) is 9.44. The second kappa shape index (κ2) is 6.85. The third-order valence-electron chi connectivity index (χ3n) is 2.04. The molecule has 0 aliphatic heterocycles. The van der Waals surface area contributed by atoms with Gasteiger partial charge in [0.25, 0.3) is 0 Å². The first kappa shape index (κ1) is 12.5. The van der Waals surface area contributed by atoms with Crippen molar-refractivity contribution >= 4 is 5.97 Å². The van der Waals surface area contributed by atoms with E-state index in [0.717, 1.165) is 12.0 Å². The van der Waals surface area contributed by atoms with Crippen LogP contribution in [0.5, 0.6) is 5.75 Å². The average molecular weight is 223 g/mol. The standard InChI is InChI=1S/C12H17NO3/c1-2-15-12(14)9-16-11-6-4-3-5-10(11)7-8-13/h3-6H,2,7-9,13H2,1H3. The maximum atomic E-state index is 11.1. The first-order valence-electron chi connectivity index (χ1n) is 5.34. The van der Waals surface area contributed by atoms with E-state index in [9.17, 15) is 4.79 Å². The van der Waals surface area contributed by atoms with Gasteiger partial charge in [0.05, 0.1) is 6.61 Å². The number of ether oxygens (including phenoxy) is 2. The van der Waals surface area contributed by atoms with Gasteiger partial charge < -0.3 is 15.2 Å². The van der Waals surface area contributed by atoms with Gasteiger partial charge in [-0.3, -0.25) is 0 Å². The highest BCUT2D eigenvalue weighted by molar-refractivity contribution is 5.71. The number of esters is 1. The van der Waals surface area contributed by atoms with Gasteiger partial charge >= 0.3 is 5.97 Å². The van der Waals surface area contributed by atoms with Crippen LogP contribution in [0.1, 0.15) is 12.5 Å². The molecule has 0 fully saturated rings. The molecule has 0 radical (unpaired) electrons. The summed E-state index contributed by atoms with van der Waals surface area (Å²) in [5.74, 6) is 0.339. The minimum absolute atomic E-state index is 0.0601. The fraction of sp³-hybridized carbons (Fsp3) is 0.417. The number of hydrogen-bond acceptors (Lipinski definition) is 4. The molecular weight excluding hydrogens is 206 g/mol. The van der Waals surface area contributed by atoms with Crippen LogP contribution in [0.15, 0.2) is 24.3 Å². The van der Waals surface area contributed by atoms with Crippen molar-refractivity contribution in [3.05, 3.63) is 29.8 Å². The Morgan fingerprint density at radius 3 is 2.81 bits per heavy atom. The van der Waals surface area contributed by atoms with Gasteiger partial charge in [-0.2, -0.15) is 0 Å². The number of rotatable bonds is 6. The Morgan fingerprint density at radius 2 is 2.12 bits per heavy atom. The van der Waals surface area contributed by atoms with E-state index in [1.165, 1.54) is 0 Å². The Kier molecular flexibility index (Phi) is 5.36. The Labute approximate surface area is 95.3 Å². The number of benzene rings is 1. The molecule has 0 spiro atoms. The van der Waals surface area contributed by atoms with Crippen LogP contribution in [0.3, 0.4) is 0 Å². The summed E-state index contributed by atoms with van der Waals surface area (Å²) >= 11 is 0. The summed E-state index contributed by atoms with van der Waals surface area (Å²) in [5, 5.41) is 0. The van der Waals surface area contributed by atoms with Crippen molar-refractivity contribution in [1.29, 1.82) is 0 Å². The molecular formula is C12H17NO3. The molecule has 0 atom stereocenters. The van der Waals surface area contributed by atoms with Crippen molar-refractivity contribution in [1.82, 2.24) is 0 Å². The van der Waals surface area contributed by atoms with Crippen LogP contribution in [-0.4, -0.2) is 25.7 Å². The van der Waals surface area contributed by atoms with E-state index in [4.69, 9.17) is 15.2 Å². The predicted molar refractivity (Wildman–Crippen MR) is 61.3 cm³/mol. The summed E-state index contributed by atoms with van der Waals surface area (Å²) in [5.41, 5.74) is 6.49. The Hall–Kier alpha value is -1.55. The van der Waals surface area contributed by atoms with Gasteiger partial charge in [-0.25, -0.2) is 4.79 Å². The third-order valence-corrected chi connectivity index (χ3v) is 2.04. The van der Waals surface area contributed by atoms with E-state index < -0.39 is 0 Å². The van der Waals surface area contributed by atoms with Crippen LogP contribution in [0, 0.1) is 0 Å². The van der Waals surface area contributed by atoms with Crippen LogP contribution in [0.4, 0.5) is 0 Å². The van der Waals surface area contributed by atoms with E-state index in [2.05, 4.69) is 0 Å². The van der Waals surface area contributed by atoms with Gasteiger partial charge in [0.15, 0.2) is 6.61 Å². The molecule has 2 N–H and O–H groups in total. The highest BCUT2D eigenvalue weighted by atomic mass is 16.6. The highest BCUT2D eigenvalue weighted by Gasteiger charge is 2.06. The predicted octanol–water partition coefficient (Wildman–Crippen LogP) is 1.13. The van der Waals surface area contributed by atoms with E-state index >= 15 is 0 Å². The van der Waals surface area contributed by atoms with E-state index in [1.807, 2.05) is 24.3 Å². The molecule has 0 aliphatic rings. The van der Waals surface area contributed by atoms with E-state index in [1.54, 1.807) is 6.92 Å². The minimum Gasteiger partial charge on any atom is -0.482 e. The minimum atomic E-state index is -0.356. The fourth-order valence-electron chi connectivity index (χ4n) is 1.35. The van der Waals surface area contributed by atoms with Crippen molar-refractivity contribution in [2.75, 3.05) is 19.8 Å². The van der Waals surface area contributed by atoms with Gasteiger partial charge in [0, 0.05) is 0 Å². The zero-order chi connectivity index (χ0) is 11.8. The molecule has 0 aromatic heterocycles. The Balaban J connectivity index is 2.55. The molecule has 1 aromatic carbocycles. The number of carbonyl (C=O) groups excluding carboxylic acids is 1. The SMILES string of the molecule is CCOC(=O)COc1ccccc1CCN. The molecule has 0 heterocycles. The van der Waals surface area contributed by atoms with E-state index in [-0.39, 0.29) is 12.6 Å². The van der Waals surface area contributed by atoms with Crippen LogP contribution in [-0.2, 0) is 16.0 Å². The normalized spacial score (nSPS) is 9.88. The van der Waals surface area contributed by atoms with Crippen LogP contribution in [0.2, 0.25) is 0 Å². The van der Waals surface area contributed by atoms with Gasteiger partial charge in [-0.15, -0.1) is 0 Å². The van der Waals surface area contributed by atoms with Crippen LogP contribution >= 0.6 is 0 Å². The molecule has 4 heteroatoms. The van der Waals surface area contributed by atoms with Crippen molar-refractivity contribution in [3.8, 4) is 5.75 Å². The van der Waals surface area contributed by atoms with Gasteiger partial charge in [-0.05, 0) is 31.5 Å². The fourth-order valence-corrected chi connectivity index (χ4v) is 1.35. The van der Waals surface area contributed by atoms with Crippen molar-refractivity contribution in [2.24, 2.45) is 5.73 Å². The van der Waals surface area contributed by atoms with Gasteiger partial charge in [-0.1, -0.05) is 18.2 Å². The van der Waals surface area contributed by atoms with Crippen LogP contribution in [0.25, 0.3) is 0 Å². The van der Waals surface area contributed by atoms with Crippen molar-refractivity contribution < 1.29 is 14.3 Å². The summed E-state index contributed by atoms with van der Waals surface area (Å²) in [7, 11) is 0. The molecule has 1 aromatic rings. The number of hydrogen-bond donors (Lipinski definition) is 1. The summed E-state index contributed by atoms with van der Waals surface area (Å²) in [6.07, 6.45) is 0.735. The molecule has 0 aliphatic carbocycles. The summed E-state index contributed by atoms with van der Waals surface area (Å²) in [4.78, 5) is 11.1. The lowest BCUT2D eigenvalue weighted by Crippen LogP contribution is -2.15. The Morgan fingerprint density at radius 1 is 1.38 bits per heavy atom. The largest absolute Gasteiger partial charge is 0.482 e. The van der Waals surface area contributed by atoms with Gasteiger partial charge in [0.2, 0.25) is 0 Å². The molecule has 0 saturated heterocycles.